The molecule has 2 aromatic carbocycles. The highest BCUT2D eigenvalue weighted by molar-refractivity contribution is 5.89. The lowest BCUT2D eigenvalue weighted by atomic mass is 9.59. The largest absolute Gasteiger partial charge is 0.465 e. The predicted octanol–water partition coefficient (Wildman–Crippen LogP) is 5.92. The van der Waals surface area contributed by atoms with E-state index in [0.717, 1.165) is 25.1 Å². The molecule has 6 heteroatoms. The number of rotatable bonds is 5. The summed E-state index contributed by atoms with van der Waals surface area (Å²) >= 11 is 0. The molecule has 1 aliphatic carbocycles. The topological polar surface area (TPSA) is 60.4 Å². The molecule has 37 heavy (non-hydrogen) atoms. The van der Waals surface area contributed by atoms with Gasteiger partial charge in [-0.3, -0.25) is 5.01 Å². The lowest BCUT2D eigenvalue weighted by Gasteiger charge is -2.48. The Morgan fingerprint density at radius 2 is 1.62 bits per heavy atom. The first-order valence-electron chi connectivity index (χ1n) is 13.1. The maximum absolute atomic E-state index is 11.8. The summed E-state index contributed by atoms with van der Waals surface area (Å²) in [4.78, 5) is 11.8. The maximum atomic E-state index is 11.8. The van der Waals surface area contributed by atoms with E-state index in [1.54, 1.807) is 12.1 Å². The van der Waals surface area contributed by atoms with Crippen molar-refractivity contribution in [2.24, 2.45) is 5.10 Å². The molecule has 3 aliphatic rings. The van der Waals surface area contributed by atoms with E-state index in [1.807, 2.05) is 32.2 Å². The molecule has 0 saturated carbocycles. The van der Waals surface area contributed by atoms with Crippen molar-refractivity contribution < 1.29 is 19.0 Å². The van der Waals surface area contributed by atoms with Gasteiger partial charge < -0.3 is 14.2 Å². The second kappa shape index (κ2) is 9.10. The van der Waals surface area contributed by atoms with Gasteiger partial charge in [0.15, 0.2) is 5.79 Å². The fourth-order valence-corrected chi connectivity index (χ4v) is 5.93. The maximum Gasteiger partial charge on any atom is 0.337 e. The highest BCUT2D eigenvalue weighted by Gasteiger charge is 2.59. The number of ether oxygens (including phenoxy) is 3. The van der Waals surface area contributed by atoms with E-state index in [2.05, 4.69) is 62.1 Å². The van der Waals surface area contributed by atoms with Gasteiger partial charge in [-0.2, -0.15) is 5.10 Å². The van der Waals surface area contributed by atoms with Crippen LogP contribution in [0.1, 0.15) is 86.1 Å². The summed E-state index contributed by atoms with van der Waals surface area (Å²) in [5.74, 6) is -0.943. The fraction of sp³-hybridized carbons (Fsp3) is 0.484. The number of esters is 1. The first kappa shape index (κ1) is 25.7. The molecule has 0 aromatic heterocycles. The summed E-state index contributed by atoms with van der Waals surface area (Å²) in [5.41, 5.74) is 6.15. The van der Waals surface area contributed by atoms with Gasteiger partial charge in [0.25, 0.3) is 0 Å². The third kappa shape index (κ3) is 4.62. The summed E-state index contributed by atoms with van der Waals surface area (Å²) in [6.45, 7) is 14.8. The minimum atomic E-state index is -0.613. The second-order valence-electron chi connectivity index (χ2n) is 11.9. The van der Waals surface area contributed by atoms with Crippen LogP contribution in [0.25, 0.3) is 12.2 Å². The number of nitrogens with zero attached hydrogens (tertiary/aromatic N) is 2. The molecule has 0 amide bonds. The zero-order valence-corrected chi connectivity index (χ0v) is 23.0. The monoisotopic (exact) mass is 502 g/mol. The zero-order valence-electron chi connectivity index (χ0n) is 23.0. The third-order valence-corrected chi connectivity index (χ3v) is 8.09. The van der Waals surface area contributed by atoms with Gasteiger partial charge in [-0.15, -0.1) is 0 Å². The van der Waals surface area contributed by atoms with Crippen molar-refractivity contribution >= 4 is 24.3 Å². The van der Waals surface area contributed by atoms with Gasteiger partial charge in [-0.05, 0) is 53.8 Å². The number of benzene rings is 2. The van der Waals surface area contributed by atoms with Crippen LogP contribution >= 0.6 is 0 Å². The average molecular weight is 503 g/mol. The van der Waals surface area contributed by atoms with Crippen LogP contribution in [0, 0.1) is 0 Å². The molecule has 0 bridgehead atoms. The van der Waals surface area contributed by atoms with Crippen molar-refractivity contribution in [1.82, 2.24) is 5.01 Å². The molecule has 1 fully saturated rings. The summed E-state index contributed by atoms with van der Waals surface area (Å²) in [5, 5.41) is 6.70. The Hall–Kier alpha value is -2.96. The van der Waals surface area contributed by atoms with Crippen LogP contribution < -0.4 is 0 Å². The summed E-state index contributed by atoms with van der Waals surface area (Å²) in [7, 11) is 1.40. The van der Waals surface area contributed by atoms with E-state index in [1.165, 1.54) is 29.4 Å². The van der Waals surface area contributed by atoms with Gasteiger partial charge in [0.1, 0.15) is 0 Å². The van der Waals surface area contributed by atoms with Crippen LogP contribution in [-0.2, 0) is 31.6 Å². The Balaban J connectivity index is 1.58. The molecule has 0 unspecified atom stereocenters. The summed E-state index contributed by atoms with van der Waals surface area (Å²) < 4.78 is 17.8. The van der Waals surface area contributed by atoms with Crippen molar-refractivity contribution in [3.8, 4) is 0 Å². The van der Waals surface area contributed by atoms with Gasteiger partial charge in [-0.1, -0.05) is 64.1 Å². The number of fused-ring (bicyclic) bond motifs is 2. The molecule has 2 aromatic rings. The molecule has 2 atom stereocenters. The molecule has 0 radical (unpaired) electrons. The predicted molar refractivity (Wildman–Crippen MR) is 147 cm³/mol. The van der Waals surface area contributed by atoms with E-state index in [-0.39, 0.29) is 29.0 Å². The molecule has 1 saturated heterocycles. The molecule has 0 spiro atoms. The smallest absolute Gasteiger partial charge is 0.337 e. The standard InChI is InChI=1S/C31H38N2O4/c1-29(2)24-17-22(14-11-20-9-12-21(13-10-20)28(34)35-7)23(19-33-16-8-15-32-33)18-25(24)30(3,4)27-26(29)36-31(5,6)37-27/h9-15,17-18,26-27H,8,16,19H2,1-7H3/b14-11+/t26-,27-/m1/s1. The molecule has 2 heterocycles. The fourth-order valence-electron chi connectivity index (χ4n) is 5.93. The van der Waals surface area contributed by atoms with Crippen molar-refractivity contribution in [1.29, 1.82) is 0 Å². The number of methoxy groups -OCH3 is 1. The first-order chi connectivity index (χ1) is 17.4. The minimum Gasteiger partial charge on any atom is -0.465 e. The lowest BCUT2D eigenvalue weighted by Crippen LogP contribution is -2.54. The zero-order chi connectivity index (χ0) is 26.6. The number of carbonyl (C=O) groups excluding carboxylic acids is 1. The van der Waals surface area contributed by atoms with Crippen LogP contribution in [0.3, 0.4) is 0 Å². The van der Waals surface area contributed by atoms with E-state index < -0.39 is 5.79 Å². The Labute approximate surface area is 220 Å². The summed E-state index contributed by atoms with van der Waals surface area (Å²) in [6.07, 6.45) is 7.17. The minimum absolute atomic E-state index is 0.0302. The summed E-state index contributed by atoms with van der Waals surface area (Å²) in [6, 6.07) is 12.2. The highest BCUT2D eigenvalue weighted by Crippen LogP contribution is 2.54. The molecular weight excluding hydrogens is 464 g/mol. The van der Waals surface area contributed by atoms with Crippen molar-refractivity contribution in [3.05, 3.63) is 69.8 Å². The molecule has 5 rings (SSSR count). The molecule has 2 aliphatic heterocycles. The number of hydrogen-bond acceptors (Lipinski definition) is 6. The van der Waals surface area contributed by atoms with Gasteiger partial charge in [0, 0.05) is 30.0 Å². The quantitative estimate of drug-likeness (QED) is 0.375. The molecular formula is C31H38N2O4. The molecule has 6 nitrogen and oxygen atoms in total. The second-order valence-corrected chi connectivity index (χ2v) is 11.9. The number of hydrogen-bond donors (Lipinski definition) is 0. The lowest BCUT2D eigenvalue weighted by molar-refractivity contribution is -0.153. The van der Waals surface area contributed by atoms with E-state index in [9.17, 15) is 4.79 Å². The van der Waals surface area contributed by atoms with Crippen LogP contribution in [-0.4, -0.2) is 48.8 Å². The van der Waals surface area contributed by atoms with Gasteiger partial charge in [0.05, 0.1) is 31.4 Å². The molecule has 0 N–H and O–H groups in total. The van der Waals surface area contributed by atoms with Crippen molar-refractivity contribution in [2.75, 3.05) is 13.7 Å². The van der Waals surface area contributed by atoms with E-state index >= 15 is 0 Å². The number of hydrazone groups is 1. The Morgan fingerprint density at radius 3 is 2.19 bits per heavy atom. The normalized spacial score (nSPS) is 24.8. The SMILES string of the molecule is COC(=O)c1ccc(/C=C/c2cc3c(cc2CN2CCC=N2)C(C)(C)[C@@H]2OC(C)(C)O[C@H]2C3(C)C)cc1. The van der Waals surface area contributed by atoms with Crippen molar-refractivity contribution in [2.45, 2.75) is 83.3 Å². The van der Waals surface area contributed by atoms with Crippen molar-refractivity contribution in [3.63, 3.8) is 0 Å². The van der Waals surface area contributed by atoms with Crippen LogP contribution in [0.2, 0.25) is 0 Å². The third-order valence-electron chi connectivity index (χ3n) is 8.09. The van der Waals surface area contributed by atoms with Crippen LogP contribution in [0.15, 0.2) is 41.5 Å². The van der Waals surface area contributed by atoms with Gasteiger partial charge in [0.2, 0.25) is 0 Å². The highest BCUT2D eigenvalue weighted by atomic mass is 16.8. The van der Waals surface area contributed by atoms with Gasteiger partial charge >= 0.3 is 5.97 Å². The first-order valence-corrected chi connectivity index (χ1v) is 13.1. The Morgan fingerprint density at radius 1 is 1.00 bits per heavy atom. The Kier molecular flexibility index (Phi) is 6.32. The van der Waals surface area contributed by atoms with Gasteiger partial charge in [-0.25, -0.2) is 4.79 Å². The number of carbonyl (C=O) groups is 1. The van der Waals surface area contributed by atoms with E-state index in [0.29, 0.717) is 5.56 Å². The molecule has 196 valence electrons. The van der Waals surface area contributed by atoms with Crippen LogP contribution in [0.4, 0.5) is 0 Å². The van der Waals surface area contributed by atoms with Crippen LogP contribution in [0.5, 0.6) is 0 Å². The van der Waals surface area contributed by atoms with E-state index in [4.69, 9.17) is 14.2 Å². The average Bonchev–Trinajstić information content (AvgIpc) is 3.49. The Bertz CT molecular complexity index is 1260.